The summed E-state index contributed by atoms with van der Waals surface area (Å²) in [4.78, 5) is 0. The van der Waals surface area contributed by atoms with Crippen LogP contribution >= 0.6 is 0 Å². The SMILES string of the molecule is O=S(=O)(O)O.O=S(=O)(O)O.[BaH2].[BaH2]. The van der Waals surface area contributed by atoms with Crippen molar-refractivity contribution >= 4 is 119 Å². The fraction of sp³-hybridized carbons (Fsp3) is 0. The van der Waals surface area contributed by atoms with Gasteiger partial charge in [-0.25, -0.2) is 0 Å². The van der Waals surface area contributed by atoms with Crippen LogP contribution in [-0.4, -0.2) is 133 Å². The first-order valence-electron chi connectivity index (χ1n) is 1.40. The quantitative estimate of drug-likeness (QED) is 0.213. The van der Waals surface area contributed by atoms with Crippen molar-refractivity contribution in [3.05, 3.63) is 0 Å². The maximum atomic E-state index is 8.74. The summed E-state index contributed by atoms with van der Waals surface area (Å²) in [7, 11) is -9.33. The van der Waals surface area contributed by atoms with Crippen LogP contribution in [-0.2, 0) is 20.8 Å². The number of rotatable bonds is 0. The molecule has 0 saturated carbocycles. The van der Waals surface area contributed by atoms with E-state index in [1.807, 2.05) is 0 Å². The molecule has 0 saturated heterocycles. The van der Waals surface area contributed by atoms with Crippen LogP contribution in [0.15, 0.2) is 0 Å². The second-order valence-corrected chi connectivity index (χ2v) is 2.69. The molecule has 4 N–H and O–H groups in total. The van der Waals surface area contributed by atoms with Crippen LogP contribution in [0.2, 0.25) is 0 Å². The molecule has 0 aliphatic carbocycles. The molecule has 0 aliphatic heterocycles. The average Bonchev–Trinajstić information content (AvgIpc) is 1.12. The fourth-order valence-corrected chi connectivity index (χ4v) is 0. The standard InChI is InChI=1S/2Ba.2H2O4S.4H/c;;2*1-5(2,3)4;;;;/h;;2*(H2,1,2,3,4);;;;. The predicted molar refractivity (Wildman–Crippen MR) is 45.4 cm³/mol. The Morgan fingerprint density at radius 3 is 0.583 bits per heavy atom. The van der Waals surface area contributed by atoms with Crippen molar-refractivity contribution in [2.75, 3.05) is 0 Å². The Bertz CT molecular complexity index is 211. The summed E-state index contributed by atoms with van der Waals surface area (Å²) in [5.74, 6) is 0. The van der Waals surface area contributed by atoms with Crippen LogP contribution in [0.1, 0.15) is 0 Å². The molecule has 0 aromatic carbocycles. The molecule has 0 fully saturated rings. The van der Waals surface area contributed by atoms with Gasteiger partial charge in [0, 0.05) is 0 Å². The Hall–Kier alpha value is 2.88. The van der Waals surface area contributed by atoms with E-state index in [4.69, 9.17) is 35.0 Å². The van der Waals surface area contributed by atoms with Gasteiger partial charge in [0.1, 0.15) is 0 Å². The molecule has 0 bridgehead atoms. The molecule has 0 atom stereocenters. The Morgan fingerprint density at radius 1 is 0.583 bits per heavy atom. The van der Waals surface area contributed by atoms with E-state index in [0.717, 1.165) is 0 Å². The predicted octanol–water partition coefficient (Wildman–Crippen LogP) is -3.14. The van der Waals surface area contributed by atoms with Crippen LogP contribution < -0.4 is 0 Å². The molecule has 0 aliphatic rings. The topological polar surface area (TPSA) is 149 Å². The van der Waals surface area contributed by atoms with Gasteiger partial charge in [-0.3, -0.25) is 18.2 Å². The van der Waals surface area contributed by atoms with Crippen molar-refractivity contribution in [2.24, 2.45) is 0 Å². The Balaban J connectivity index is -0.0000000457. The van der Waals surface area contributed by atoms with E-state index in [2.05, 4.69) is 0 Å². The first-order chi connectivity index (χ1) is 4.00. The zero-order valence-corrected chi connectivity index (χ0v) is 5.87. The normalized spacial score (nSPS) is 9.67. The van der Waals surface area contributed by atoms with E-state index in [0.29, 0.717) is 0 Å². The minimum atomic E-state index is -4.67. The number of hydrogen-bond donors (Lipinski definition) is 4. The van der Waals surface area contributed by atoms with Gasteiger partial charge in [0.25, 0.3) is 0 Å². The van der Waals surface area contributed by atoms with Crippen LogP contribution in [0.4, 0.5) is 0 Å². The van der Waals surface area contributed by atoms with Gasteiger partial charge in [-0.05, 0) is 0 Å². The van der Waals surface area contributed by atoms with Gasteiger partial charge in [-0.1, -0.05) is 0 Å². The van der Waals surface area contributed by atoms with E-state index in [1.54, 1.807) is 0 Å². The van der Waals surface area contributed by atoms with E-state index in [1.165, 1.54) is 0 Å². The van der Waals surface area contributed by atoms with E-state index < -0.39 is 20.8 Å². The van der Waals surface area contributed by atoms with Crippen molar-refractivity contribution in [1.82, 2.24) is 0 Å². The monoisotopic (exact) mass is 476 g/mol. The zero-order valence-electron chi connectivity index (χ0n) is 4.24. The van der Waals surface area contributed by atoms with Crippen molar-refractivity contribution in [2.45, 2.75) is 0 Å². The zero-order chi connectivity index (χ0) is 9.00. The van der Waals surface area contributed by atoms with Gasteiger partial charge in [0.15, 0.2) is 0 Å². The summed E-state index contributed by atoms with van der Waals surface area (Å²) in [5.41, 5.74) is 0. The molecule has 0 heterocycles. The summed E-state index contributed by atoms with van der Waals surface area (Å²) in [6, 6.07) is 0. The first kappa shape index (κ1) is 24.2. The fourth-order valence-electron chi connectivity index (χ4n) is 0. The molecule has 0 amide bonds. The van der Waals surface area contributed by atoms with Crippen LogP contribution in [0.3, 0.4) is 0 Å². The molecule has 0 spiro atoms. The maximum absolute atomic E-state index is 8.74. The number of hydrogen-bond acceptors (Lipinski definition) is 4. The van der Waals surface area contributed by atoms with Crippen molar-refractivity contribution < 1.29 is 35.0 Å². The third-order valence-corrected chi connectivity index (χ3v) is 0. The molecular weight excluding hydrogens is 467 g/mol. The van der Waals surface area contributed by atoms with Crippen molar-refractivity contribution in [3.8, 4) is 0 Å². The Labute approximate surface area is 150 Å². The Kier molecular flexibility index (Phi) is 21.0. The molecule has 72 valence electrons. The molecule has 0 aromatic heterocycles. The first-order valence-corrected chi connectivity index (χ1v) is 4.19. The average molecular weight is 475 g/mol. The van der Waals surface area contributed by atoms with Gasteiger partial charge >= 0.3 is 119 Å². The summed E-state index contributed by atoms with van der Waals surface area (Å²) >= 11 is 0. The Morgan fingerprint density at radius 2 is 0.583 bits per heavy atom. The summed E-state index contributed by atoms with van der Waals surface area (Å²) in [6.45, 7) is 0. The molecule has 0 unspecified atom stereocenters. The van der Waals surface area contributed by atoms with Gasteiger partial charge < -0.3 is 0 Å². The summed E-state index contributed by atoms with van der Waals surface area (Å²) < 4.78 is 63.2. The van der Waals surface area contributed by atoms with Crippen LogP contribution in [0, 0.1) is 0 Å². The molecule has 0 radical (unpaired) electrons. The van der Waals surface area contributed by atoms with Gasteiger partial charge in [-0.2, -0.15) is 16.8 Å². The molecular formula is H8Ba2O8S2. The minimum absolute atomic E-state index is 0. The molecule has 12 heteroatoms. The van der Waals surface area contributed by atoms with Crippen LogP contribution in [0.5, 0.6) is 0 Å². The van der Waals surface area contributed by atoms with E-state index >= 15 is 0 Å². The van der Waals surface area contributed by atoms with Gasteiger partial charge in [0.05, 0.1) is 0 Å². The second-order valence-electron chi connectivity index (χ2n) is 0.896. The van der Waals surface area contributed by atoms with Crippen molar-refractivity contribution in [1.29, 1.82) is 0 Å². The van der Waals surface area contributed by atoms with Gasteiger partial charge in [0.2, 0.25) is 0 Å². The molecule has 0 rings (SSSR count). The second kappa shape index (κ2) is 10.4. The third kappa shape index (κ3) is 219. The van der Waals surface area contributed by atoms with E-state index in [9.17, 15) is 0 Å². The molecule has 8 nitrogen and oxygen atoms in total. The van der Waals surface area contributed by atoms with Gasteiger partial charge in [-0.15, -0.1) is 0 Å². The van der Waals surface area contributed by atoms with Crippen LogP contribution in [0.25, 0.3) is 0 Å². The summed E-state index contributed by atoms with van der Waals surface area (Å²) in [6.07, 6.45) is 0. The molecule has 12 heavy (non-hydrogen) atoms. The van der Waals surface area contributed by atoms with Crippen molar-refractivity contribution in [3.63, 3.8) is 0 Å². The molecule has 0 aromatic rings. The third-order valence-electron chi connectivity index (χ3n) is 0. The van der Waals surface area contributed by atoms with E-state index in [-0.39, 0.29) is 97.8 Å². The summed E-state index contributed by atoms with van der Waals surface area (Å²) in [5, 5.41) is 0.